The lowest BCUT2D eigenvalue weighted by Crippen LogP contribution is -2.21. The molecule has 0 fully saturated rings. The summed E-state index contributed by atoms with van der Waals surface area (Å²) in [6.45, 7) is 0. The Morgan fingerprint density at radius 2 is 2.36 bits per heavy atom. The molecule has 0 spiro atoms. The molecule has 1 N–H and O–H groups in total. The SMILES string of the molecule is Brc1cccnc1NC1CC=CCC1. The molecule has 14 heavy (non-hydrogen) atoms. The molecule has 1 aliphatic rings. The molecule has 0 aliphatic heterocycles. The van der Waals surface area contributed by atoms with Crippen molar-refractivity contribution in [3.8, 4) is 0 Å². The van der Waals surface area contributed by atoms with Crippen LogP contribution in [0, 0.1) is 0 Å². The normalized spacial score (nSPS) is 20.8. The standard InChI is InChI=1S/C11H13BrN2/c12-10-7-4-8-13-11(10)14-9-5-2-1-3-6-9/h1-2,4,7-9H,3,5-6H2,(H,13,14). The first-order valence-corrected chi connectivity index (χ1v) is 5.67. The van der Waals surface area contributed by atoms with Gasteiger partial charge in [-0.2, -0.15) is 0 Å². The quantitative estimate of drug-likeness (QED) is 0.817. The Morgan fingerprint density at radius 3 is 3.07 bits per heavy atom. The van der Waals surface area contributed by atoms with Gasteiger partial charge in [0.25, 0.3) is 0 Å². The van der Waals surface area contributed by atoms with Gasteiger partial charge in [-0.1, -0.05) is 12.2 Å². The van der Waals surface area contributed by atoms with Gasteiger partial charge in [-0.15, -0.1) is 0 Å². The number of allylic oxidation sites excluding steroid dienone is 1. The van der Waals surface area contributed by atoms with Crippen LogP contribution in [0.25, 0.3) is 0 Å². The number of anilines is 1. The summed E-state index contributed by atoms with van der Waals surface area (Å²) in [6, 6.07) is 4.47. The van der Waals surface area contributed by atoms with Crippen LogP contribution in [0.4, 0.5) is 5.82 Å². The van der Waals surface area contributed by atoms with Gasteiger partial charge in [-0.3, -0.25) is 0 Å². The number of aromatic nitrogens is 1. The third kappa shape index (κ3) is 2.35. The van der Waals surface area contributed by atoms with Crippen LogP contribution < -0.4 is 5.32 Å². The highest BCUT2D eigenvalue weighted by Crippen LogP contribution is 2.22. The molecule has 2 nitrogen and oxygen atoms in total. The van der Waals surface area contributed by atoms with Crippen LogP contribution >= 0.6 is 15.9 Å². The highest BCUT2D eigenvalue weighted by molar-refractivity contribution is 9.10. The highest BCUT2D eigenvalue weighted by atomic mass is 79.9. The van der Waals surface area contributed by atoms with Crippen molar-refractivity contribution < 1.29 is 0 Å². The van der Waals surface area contributed by atoms with E-state index < -0.39 is 0 Å². The van der Waals surface area contributed by atoms with Gasteiger partial charge in [-0.05, 0) is 47.3 Å². The maximum absolute atomic E-state index is 4.29. The van der Waals surface area contributed by atoms with E-state index in [-0.39, 0.29) is 0 Å². The fourth-order valence-electron chi connectivity index (χ4n) is 1.61. The van der Waals surface area contributed by atoms with E-state index in [1.54, 1.807) is 0 Å². The fourth-order valence-corrected chi connectivity index (χ4v) is 1.98. The Morgan fingerprint density at radius 1 is 1.43 bits per heavy atom. The van der Waals surface area contributed by atoms with Crippen molar-refractivity contribution in [1.82, 2.24) is 4.98 Å². The number of hydrogen-bond acceptors (Lipinski definition) is 2. The van der Waals surface area contributed by atoms with E-state index >= 15 is 0 Å². The van der Waals surface area contributed by atoms with Gasteiger partial charge in [-0.25, -0.2) is 4.98 Å². The average Bonchev–Trinajstić information content (AvgIpc) is 2.23. The predicted molar refractivity (Wildman–Crippen MR) is 62.3 cm³/mol. The summed E-state index contributed by atoms with van der Waals surface area (Å²) in [7, 11) is 0. The van der Waals surface area contributed by atoms with E-state index in [9.17, 15) is 0 Å². The van der Waals surface area contributed by atoms with Crippen LogP contribution in [0.15, 0.2) is 35.0 Å². The smallest absolute Gasteiger partial charge is 0.140 e. The molecule has 1 aromatic rings. The summed E-state index contributed by atoms with van der Waals surface area (Å²) in [5.74, 6) is 0.952. The van der Waals surface area contributed by atoms with Crippen LogP contribution in [-0.4, -0.2) is 11.0 Å². The van der Waals surface area contributed by atoms with Crippen molar-refractivity contribution in [3.05, 3.63) is 35.0 Å². The minimum Gasteiger partial charge on any atom is -0.366 e. The number of pyridine rings is 1. The molecule has 0 amide bonds. The Bertz CT molecular complexity index is 336. The molecule has 0 saturated heterocycles. The second-order valence-corrected chi connectivity index (χ2v) is 4.31. The van der Waals surface area contributed by atoms with Crippen molar-refractivity contribution >= 4 is 21.7 Å². The third-order valence-electron chi connectivity index (χ3n) is 2.37. The van der Waals surface area contributed by atoms with Crippen molar-refractivity contribution in [2.75, 3.05) is 5.32 Å². The molecule has 2 rings (SSSR count). The Balaban J connectivity index is 2.03. The lowest BCUT2D eigenvalue weighted by Gasteiger charge is -2.20. The molecule has 0 aromatic carbocycles. The van der Waals surface area contributed by atoms with E-state index in [1.165, 1.54) is 12.8 Å². The van der Waals surface area contributed by atoms with Crippen molar-refractivity contribution in [2.45, 2.75) is 25.3 Å². The molecule has 0 bridgehead atoms. The van der Waals surface area contributed by atoms with Crippen LogP contribution in [0.5, 0.6) is 0 Å². The van der Waals surface area contributed by atoms with Crippen LogP contribution in [0.3, 0.4) is 0 Å². The molecule has 1 heterocycles. The van der Waals surface area contributed by atoms with Crippen LogP contribution in [0.1, 0.15) is 19.3 Å². The van der Waals surface area contributed by atoms with Gasteiger partial charge in [0.15, 0.2) is 0 Å². The lowest BCUT2D eigenvalue weighted by molar-refractivity contribution is 0.642. The van der Waals surface area contributed by atoms with Crippen LogP contribution in [0.2, 0.25) is 0 Å². The van der Waals surface area contributed by atoms with Gasteiger partial charge >= 0.3 is 0 Å². The first kappa shape index (κ1) is 9.71. The largest absolute Gasteiger partial charge is 0.366 e. The van der Waals surface area contributed by atoms with Gasteiger partial charge in [0.1, 0.15) is 5.82 Å². The topological polar surface area (TPSA) is 24.9 Å². The molecular weight excluding hydrogens is 240 g/mol. The number of nitrogens with zero attached hydrogens (tertiary/aromatic N) is 1. The molecule has 3 heteroatoms. The summed E-state index contributed by atoms with van der Waals surface area (Å²) in [5.41, 5.74) is 0. The first-order valence-electron chi connectivity index (χ1n) is 4.88. The second-order valence-electron chi connectivity index (χ2n) is 3.46. The molecule has 1 unspecified atom stereocenters. The summed E-state index contributed by atoms with van der Waals surface area (Å²) < 4.78 is 1.04. The van der Waals surface area contributed by atoms with Gasteiger partial charge < -0.3 is 5.32 Å². The van der Waals surface area contributed by atoms with E-state index in [2.05, 4.69) is 38.4 Å². The number of hydrogen-bond donors (Lipinski definition) is 1. The molecule has 1 aliphatic carbocycles. The summed E-state index contributed by atoms with van der Waals surface area (Å²) in [6.07, 6.45) is 9.75. The van der Waals surface area contributed by atoms with Gasteiger partial charge in [0.05, 0.1) is 4.47 Å². The van der Waals surface area contributed by atoms with Crippen molar-refractivity contribution in [3.63, 3.8) is 0 Å². The van der Waals surface area contributed by atoms with Crippen molar-refractivity contribution in [1.29, 1.82) is 0 Å². The minimum atomic E-state index is 0.534. The predicted octanol–water partition coefficient (Wildman–Crippen LogP) is 3.36. The molecule has 0 radical (unpaired) electrons. The van der Waals surface area contributed by atoms with Gasteiger partial charge in [0.2, 0.25) is 0 Å². The van der Waals surface area contributed by atoms with E-state index in [0.29, 0.717) is 6.04 Å². The second kappa shape index (κ2) is 4.60. The number of rotatable bonds is 2. The van der Waals surface area contributed by atoms with E-state index in [0.717, 1.165) is 16.7 Å². The van der Waals surface area contributed by atoms with Crippen LogP contribution in [-0.2, 0) is 0 Å². The first-order chi connectivity index (χ1) is 6.86. The zero-order valence-electron chi connectivity index (χ0n) is 7.91. The maximum Gasteiger partial charge on any atom is 0.140 e. The summed E-state index contributed by atoms with van der Waals surface area (Å²) in [4.78, 5) is 4.29. The monoisotopic (exact) mass is 252 g/mol. The minimum absolute atomic E-state index is 0.534. The molecule has 1 atom stereocenters. The third-order valence-corrected chi connectivity index (χ3v) is 3.01. The molecular formula is C11H13BrN2. The molecule has 74 valence electrons. The summed E-state index contributed by atoms with van der Waals surface area (Å²) in [5, 5.41) is 3.44. The molecule has 0 saturated carbocycles. The Kier molecular flexibility index (Phi) is 3.19. The zero-order valence-corrected chi connectivity index (χ0v) is 9.50. The fraction of sp³-hybridized carbons (Fsp3) is 0.364. The maximum atomic E-state index is 4.29. The van der Waals surface area contributed by atoms with E-state index in [4.69, 9.17) is 0 Å². The highest BCUT2D eigenvalue weighted by Gasteiger charge is 2.10. The Hall–Kier alpha value is -0.830. The number of nitrogens with one attached hydrogen (secondary N) is 1. The lowest BCUT2D eigenvalue weighted by atomic mass is 10.0. The average molecular weight is 253 g/mol. The Labute approximate surface area is 92.6 Å². The van der Waals surface area contributed by atoms with Crippen molar-refractivity contribution in [2.24, 2.45) is 0 Å². The van der Waals surface area contributed by atoms with Gasteiger partial charge in [0, 0.05) is 12.2 Å². The summed E-state index contributed by atoms with van der Waals surface area (Å²) >= 11 is 3.48. The zero-order chi connectivity index (χ0) is 9.80. The number of halogens is 1. The van der Waals surface area contributed by atoms with E-state index in [1.807, 2.05) is 18.3 Å². The molecule has 1 aromatic heterocycles.